The molecule has 0 fully saturated rings. The van der Waals surface area contributed by atoms with E-state index in [2.05, 4.69) is 15.9 Å². The highest BCUT2D eigenvalue weighted by Crippen LogP contribution is 2.44. The lowest BCUT2D eigenvalue weighted by Gasteiger charge is -2.40. The molecule has 0 saturated carbocycles. The summed E-state index contributed by atoms with van der Waals surface area (Å²) in [7, 11) is 0. The average molecular weight is 306 g/mol. The van der Waals surface area contributed by atoms with E-state index < -0.39 is 18.1 Å². The minimum absolute atomic E-state index is 0.185. The van der Waals surface area contributed by atoms with Crippen LogP contribution in [0.1, 0.15) is 24.0 Å². The predicted octanol–water partition coefficient (Wildman–Crippen LogP) is 2.57. The van der Waals surface area contributed by atoms with Crippen LogP contribution in [0.25, 0.3) is 0 Å². The molecule has 3 N–H and O–H groups in total. The highest BCUT2D eigenvalue weighted by Gasteiger charge is 2.53. The average Bonchev–Trinajstić information content (AvgIpc) is 2.30. The van der Waals surface area contributed by atoms with Gasteiger partial charge in [0.1, 0.15) is 12.1 Å². The van der Waals surface area contributed by atoms with Gasteiger partial charge in [-0.05, 0) is 42.5 Å². The van der Waals surface area contributed by atoms with Gasteiger partial charge in [0.2, 0.25) is 0 Å². The number of aryl methyl sites for hydroxylation is 1. The fraction of sp³-hybridized carbons (Fsp3) is 0.500. The van der Waals surface area contributed by atoms with Crippen molar-refractivity contribution in [3.05, 3.63) is 33.8 Å². The van der Waals surface area contributed by atoms with Crippen LogP contribution in [0.3, 0.4) is 0 Å². The van der Waals surface area contributed by atoms with Crippen LogP contribution in [-0.4, -0.2) is 17.6 Å². The Kier molecular flexibility index (Phi) is 3.27. The second kappa shape index (κ2) is 4.30. The Balaban J connectivity index is 2.57. The highest BCUT2D eigenvalue weighted by atomic mass is 79.9. The highest BCUT2D eigenvalue weighted by molar-refractivity contribution is 9.10. The first kappa shape index (κ1) is 12.9. The molecule has 1 aromatic rings. The van der Waals surface area contributed by atoms with Crippen molar-refractivity contribution in [3.63, 3.8) is 0 Å². The van der Waals surface area contributed by atoms with E-state index in [-0.39, 0.29) is 6.42 Å². The normalized spacial score (nSPS) is 24.5. The molecular weight excluding hydrogens is 292 g/mol. The molecule has 1 atom stereocenters. The van der Waals surface area contributed by atoms with Gasteiger partial charge in [-0.3, -0.25) is 0 Å². The van der Waals surface area contributed by atoms with Crippen molar-refractivity contribution in [3.8, 4) is 0 Å². The first-order valence-electron chi connectivity index (χ1n) is 5.47. The number of nitrogens with two attached hydrogens (primary N) is 1. The minimum atomic E-state index is -3.30. The number of fused-ring (bicyclic) bond motifs is 1. The smallest absolute Gasteiger partial charge is 0.292 e. The molecule has 17 heavy (non-hydrogen) atoms. The number of alkyl halides is 2. The molecular formula is C12H14BrF2NO. The summed E-state index contributed by atoms with van der Waals surface area (Å²) in [5, 5.41) is 8.86. The van der Waals surface area contributed by atoms with Crippen LogP contribution in [0.2, 0.25) is 0 Å². The van der Waals surface area contributed by atoms with E-state index in [1.54, 1.807) is 6.07 Å². The second-order valence-electron chi connectivity index (χ2n) is 4.49. The molecule has 0 heterocycles. The van der Waals surface area contributed by atoms with Crippen molar-refractivity contribution in [1.29, 1.82) is 0 Å². The van der Waals surface area contributed by atoms with E-state index in [9.17, 15) is 8.78 Å². The minimum Gasteiger partial charge on any atom is -0.390 e. The van der Waals surface area contributed by atoms with Crippen LogP contribution in [0.4, 0.5) is 8.78 Å². The number of hydrogen-bond acceptors (Lipinski definition) is 2. The number of benzene rings is 1. The molecule has 0 bridgehead atoms. The van der Waals surface area contributed by atoms with Crippen LogP contribution < -0.4 is 5.73 Å². The third-order valence-corrected chi connectivity index (χ3v) is 3.91. The quantitative estimate of drug-likeness (QED) is 0.882. The van der Waals surface area contributed by atoms with E-state index >= 15 is 0 Å². The van der Waals surface area contributed by atoms with Crippen molar-refractivity contribution < 1.29 is 13.9 Å². The SMILES string of the molecule is N[C@@]1(C(F)(F)CO)CCCc2ccc(Br)cc21. The summed E-state index contributed by atoms with van der Waals surface area (Å²) in [4.78, 5) is 0. The molecule has 2 nitrogen and oxygen atoms in total. The number of rotatable bonds is 2. The Morgan fingerprint density at radius 1 is 1.47 bits per heavy atom. The Hall–Kier alpha value is -0.520. The molecule has 1 aliphatic rings. The molecule has 0 aliphatic heterocycles. The Morgan fingerprint density at radius 2 is 2.18 bits per heavy atom. The van der Waals surface area contributed by atoms with Gasteiger partial charge < -0.3 is 10.8 Å². The lowest BCUT2D eigenvalue weighted by atomic mass is 9.73. The van der Waals surface area contributed by atoms with Crippen LogP contribution in [0.5, 0.6) is 0 Å². The molecule has 0 amide bonds. The predicted molar refractivity (Wildman–Crippen MR) is 65.0 cm³/mol. The molecule has 0 unspecified atom stereocenters. The first-order valence-corrected chi connectivity index (χ1v) is 6.26. The lowest BCUT2D eigenvalue weighted by molar-refractivity contribution is -0.119. The molecule has 5 heteroatoms. The fourth-order valence-electron chi connectivity index (χ4n) is 2.40. The maximum absolute atomic E-state index is 13.8. The zero-order valence-corrected chi connectivity index (χ0v) is 10.8. The van der Waals surface area contributed by atoms with Gasteiger partial charge in [-0.25, -0.2) is 8.78 Å². The fourth-order valence-corrected chi connectivity index (χ4v) is 2.76. The van der Waals surface area contributed by atoms with Gasteiger partial charge in [-0.2, -0.15) is 0 Å². The van der Waals surface area contributed by atoms with E-state index in [1.807, 2.05) is 12.1 Å². The number of hydrogen-bond donors (Lipinski definition) is 2. The van der Waals surface area contributed by atoms with Crippen LogP contribution in [0.15, 0.2) is 22.7 Å². The lowest BCUT2D eigenvalue weighted by Crippen LogP contribution is -2.56. The van der Waals surface area contributed by atoms with Gasteiger partial charge in [-0.1, -0.05) is 22.0 Å². The monoisotopic (exact) mass is 305 g/mol. The molecule has 0 spiro atoms. The zero-order chi connectivity index (χ0) is 12.7. The van der Waals surface area contributed by atoms with Gasteiger partial charge in [-0.15, -0.1) is 0 Å². The van der Waals surface area contributed by atoms with Crippen LogP contribution >= 0.6 is 15.9 Å². The Bertz CT molecular complexity index is 439. The Labute approximate surface area is 107 Å². The summed E-state index contributed by atoms with van der Waals surface area (Å²) in [5.41, 5.74) is 5.42. The maximum Gasteiger partial charge on any atom is 0.292 e. The van der Waals surface area contributed by atoms with Crippen LogP contribution in [-0.2, 0) is 12.0 Å². The van der Waals surface area contributed by atoms with E-state index in [0.717, 1.165) is 16.5 Å². The molecule has 1 aromatic carbocycles. The first-order chi connectivity index (χ1) is 7.90. The summed E-state index contributed by atoms with van der Waals surface area (Å²) < 4.78 is 28.4. The number of halogens is 3. The second-order valence-corrected chi connectivity index (χ2v) is 5.40. The summed E-state index contributed by atoms with van der Waals surface area (Å²) in [5.74, 6) is -3.30. The third-order valence-electron chi connectivity index (χ3n) is 3.42. The van der Waals surface area contributed by atoms with Gasteiger partial charge in [0.15, 0.2) is 0 Å². The Morgan fingerprint density at radius 3 is 2.82 bits per heavy atom. The van der Waals surface area contributed by atoms with E-state index in [0.29, 0.717) is 12.0 Å². The van der Waals surface area contributed by atoms with Crippen LogP contribution in [0, 0.1) is 0 Å². The molecule has 0 radical (unpaired) electrons. The number of aliphatic hydroxyl groups excluding tert-OH is 1. The molecule has 0 saturated heterocycles. The summed E-state index contributed by atoms with van der Waals surface area (Å²) >= 11 is 3.27. The summed E-state index contributed by atoms with van der Waals surface area (Å²) in [6.07, 6.45) is 1.55. The van der Waals surface area contributed by atoms with E-state index in [1.165, 1.54) is 0 Å². The third kappa shape index (κ3) is 2.00. The summed E-state index contributed by atoms with van der Waals surface area (Å²) in [6.45, 7) is -1.23. The van der Waals surface area contributed by atoms with Crippen molar-refractivity contribution in [2.75, 3.05) is 6.61 Å². The van der Waals surface area contributed by atoms with Gasteiger partial charge >= 0.3 is 0 Å². The van der Waals surface area contributed by atoms with Gasteiger partial charge in [0, 0.05) is 4.47 Å². The molecule has 1 aliphatic carbocycles. The standard InChI is InChI=1S/C12H14BrF2NO/c13-9-4-3-8-2-1-5-11(16,10(8)6-9)12(14,15)7-17/h3-4,6,17H,1-2,5,7,16H2/t11-/m0/s1. The maximum atomic E-state index is 13.8. The van der Waals surface area contributed by atoms with Gasteiger partial charge in [0.25, 0.3) is 5.92 Å². The van der Waals surface area contributed by atoms with Gasteiger partial charge in [0.05, 0.1) is 0 Å². The summed E-state index contributed by atoms with van der Waals surface area (Å²) in [6, 6.07) is 5.27. The molecule has 94 valence electrons. The van der Waals surface area contributed by atoms with E-state index in [4.69, 9.17) is 10.8 Å². The molecule has 2 rings (SSSR count). The topological polar surface area (TPSA) is 46.2 Å². The van der Waals surface area contributed by atoms with Crippen molar-refractivity contribution >= 4 is 15.9 Å². The number of aliphatic hydroxyl groups is 1. The van der Waals surface area contributed by atoms with Crippen molar-refractivity contribution in [1.82, 2.24) is 0 Å². The zero-order valence-electron chi connectivity index (χ0n) is 9.22. The van der Waals surface area contributed by atoms with Crippen molar-refractivity contribution in [2.24, 2.45) is 5.73 Å². The van der Waals surface area contributed by atoms with Crippen molar-refractivity contribution in [2.45, 2.75) is 30.7 Å². The molecule has 0 aromatic heterocycles. The largest absolute Gasteiger partial charge is 0.390 e.